The van der Waals surface area contributed by atoms with Gasteiger partial charge in [-0.25, -0.2) is 14.6 Å². The number of nitrogens with one attached hydrogen (secondary N) is 3. The highest BCUT2D eigenvalue weighted by atomic mass is 16.5. The van der Waals surface area contributed by atoms with Gasteiger partial charge < -0.3 is 20.7 Å². The molecule has 0 aliphatic carbocycles. The third-order valence-corrected chi connectivity index (χ3v) is 7.84. The van der Waals surface area contributed by atoms with E-state index in [0.717, 1.165) is 46.4 Å². The van der Waals surface area contributed by atoms with Gasteiger partial charge in [0.25, 0.3) is 11.8 Å². The molecular formula is C32H39N7O3. The van der Waals surface area contributed by atoms with E-state index < -0.39 is 0 Å². The Morgan fingerprint density at radius 3 is 2.33 bits per heavy atom. The fraction of sp³-hybridized carbons (Fsp3) is 0.406. The SMILES string of the molecule is CCc1nc2c(cnn2CC)c(NC2CCOCC2)c1CNC(=O)c1cccc(C(=O)NCc2ccc(C)c(C)c2)n1. The highest BCUT2D eigenvalue weighted by Crippen LogP contribution is 2.31. The minimum atomic E-state index is -0.359. The monoisotopic (exact) mass is 569 g/mol. The molecule has 1 aliphatic heterocycles. The van der Waals surface area contributed by atoms with Crippen molar-refractivity contribution in [2.24, 2.45) is 0 Å². The highest BCUT2D eigenvalue weighted by Gasteiger charge is 2.22. The Bertz CT molecular complexity index is 1590. The van der Waals surface area contributed by atoms with Crippen molar-refractivity contribution in [3.63, 3.8) is 0 Å². The second-order valence-corrected chi connectivity index (χ2v) is 10.7. The van der Waals surface area contributed by atoms with Gasteiger partial charge in [-0.15, -0.1) is 0 Å². The van der Waals surface area contributed by atoms with Crippen LogP contribution in [0.25, 0.3) is 11.0 Å². The normalized spacial score (nSPS) is 13.7. The number of hydrogen-bond donors (Lipinski definition) is 3. The van der Waals surface area contributed by atoms with Crippen molar-refractivity contribution >= 4 is 28.5 Å². The highest BCUT2D eigenvalue weighted by molar-refractivity contribution is 5.97. The van der Waals surface area contributed by atoms with Crippen LogP contribution in [0.15, 0.2) is 42.6 Å². The van der Waals surface area contributed by atoms with Crippen molar-refractivity contribution < 1.29 is 14.3 Å². The van der Waals surface area contributed by atoms with Crippen molar-refractivity contribution in [2.75, 3.05) is 18.5 Å². The number of benzene rings is 1. The molecule has 0 unspecified atom stereocenters. The van der Waals surface area contributed by atoms with Crippen molar-refractivity contribution in [1.82, 2.24) is 30.4 Å². The zero-order valence-corrected chi connectivity index (χ0v) is 24.8. The number of anilines is 1. The van der Waals surface area contributed by atoms with Gasteiger partial charge in [0.2, 0.25) is 0 Å². The number of hydrogen-bond acceptors (Lipinski definition) is 7. The van der Waals surface area contributed by atoms with Crippen LogP contribution in [0, 0.1) is 13.8 Å². The topological polar surface area (TPSA) is 123 Å². The first kappa shape index (κ1) is 29.2. The average Bonchev–Trinajstić information content (AvgIpc) is 3.44. The molecule has 0 spiro atoms. The number of carbonyl (C=O) groups is 2. The third kappa shape index (κ3) is 6.44. The summed E-state index contributed by atoms with van der Waals surface area (Å²) in [5.74, 6) is -0.691. The Labute approximate surface area is 246 Å². The van der Waals surface area contributed by atoms with Crippen molar-refractivity contribution in [3.8, 4) is 0 Å². The lowest BCUT2D eigenvalue weighted by molar-refractivity contribution is 0.0904. The fourth-order valence-corrected chi connectivity index (χ4v) is 5.23. The molecule has 1 aliphatic rings. The molecule has 0 bridgehead atoms. The standard InChI is InChI=1S/C32H39N7O3/c1-5-26-24(29(36-23-12-14-42-15-13-23)25-19-35-39(6-2)30(25)38-26)18-34-32(41)28-9-7-8-27(37-28)31(40)33-17-22-11-10-20(3)21(4)16-22/h7-11,16,19,23H,5-6,12-15,17-18H2,1-4H3,(H,33,40)(H,34,41)(H,36,38). The molecule has 10 nitrogen and oxygen atoms in total. The molecule has 4 heterocycles. The van der Waals surface area contributed by atoms with Crippen molar-refractivity contribution in [2.45, 2.75) is 72.6 Å². The summed E-state index contributed by atoms with van der Waals surface area (Å²) in [6.45, 7) is 11.0. The Kier molecular flexibility index (Phi) is 9.12. The smallest absolute Gasteiger partial charge is 0.270 e. The summed E-state index contributed by atoms with van der Waals surface area (Å²) in [5.41, 5.74) is 7.38. The molecule has 1 fully saturated rings. The van der Waals surface area contributed by atoms with E-state index in [1.807, 2.05) is 36.9 Å². The maximum atomic E-state index is 13.3. The first-order valence-corrected chi connectivity index (χ1v) is 14.7. The van der Waals surface area contributed by atoms with E-state index >= 15 is 0 Å². The zero-order chi connectivity index (χ0) is 29.6. The van der Waals surface area contributed by atoms with Crippen LogP contribution < -0.4 is 16.0 Å². The quantitative estimate of drug-likeness (QED) is 0.257. The number of carbonyl (C=O) groups excluding carboxylic acids is 2. The summed E-state index contributed by atoms with van der Waals surface area (Å²) in [6, 6.07) is 11.3. The van der Waals surface area contributed by atoms with Gasteiger partial charge in [-0.2, -0.15) is 5.10 Å². The van der Waals surface area contributed by atoms with Crippen molar-refractivity contribution in [1.29, 1.82) is 0 Å². The van der Waals surface area contributed by atoms with Gasteiger partial charge >= 0.3 is 0 Å². The third-order valence-electron chi connectivity index (χ3n) is 7.84. The lowest BCUT2D eigenvalue weighted by atomic mass is 10.0. The Morgan fingerprint density at radius 2 is 1.67 bits per heavy atom. The molecule has 42 heavy (non-hydrogen) atoms. The largest absolute Gasteiger partial charge is 0.381 e. The van der Waals surface area contributed by atoms with Crippen LogP contribution >= 0.6 is 0 Å². The van der Waals surface area contributed by atoms with Crippen LogP contribution in [0.1, 0.15) is 75.6 Å². The number of pyridine rings is 2. The van der Waals surface area contributed by atoms with E-state index in [0.29, 0.717) is 32.7 Å². The molecule has 0 saturated carbocycles. The molecule has 10 heteroatoms. The van der Waals surface area contributed by atoms with Gasteiger partial charge in [0.1, 0.15) is 11.4 Å². The second-order valence-electron chi connectivity index (χ2n) is 10.7. The van der Waals surface area contributed by atoms with Gasteiger partial charge in [0.15, 0.2) is 5.65 Å². The van der Waals surface area contributed by atoms with Gasteiger partial charge in [0, 0.05) is 50.1 Å². The maximum absolute atomic E-state index is 13.3. The summed E-state index contributed by atoms with van der Waals surface area (Å²) >= 11 is 0. The van der Waals surface area contributed by atoms with E-state index in [-0.39, 0.29) is 35.8 Å². The average molecular weight is 570 g/mol. The minimum absolute atomic E-state index is 0.179. The number of nitrogens with zero attached hydrogens (tertiary/aromatic N) is 4. The van der Waals surface area contributed by atoms with E-state index in [4.69, 9.17) is 9.72 Å². The number of amides is 2. The van der Waals surface area contributed by atoms with Crippen molar-refractivity contribution in [3.05, 3.63) is 81.9 Å². The Morgan fingerprint density at radius 1 is 0.952 bits per heavy atom. The molecule has 3 aromatic heterocycles. The second kappa shape index (κ2) is 13.1. The van der Waals surface area contributed by atoms with Crippen LogP contribution in [-0.4, -0.2) is 50.8 Å². The van der Waals surface area contributed by atoms with E-state index in [1.54, 1.807) is 18.2 Å². The van der Waals surface area contributed by atoms with E-state index in [9.17, 15) is 9.59 Å². The first-order chi connectivity index (χ1) is 20.4. The van der Waals surface area contributed by atoms with Crippen LogP contribution in [0.4, 0.5) is 5.69 Å². The molecule has 220 valence electrons. The molecule has 0 atom stereocenters. The molecular weight excluding hydrogens is 530 g/mol. The summed E-state index contributed by atoms with van der Waals surface area (Å²) < 4.78 is 7.46. The first-order valence-electron chi connectivity index (χ1n) is 14.7. The summed E-state index contributed by atoms with van der Waals surface area (Å²) in [6.07, 6.45) is 4.36. The lowest BCUT2D eigenvalue weighted by Crippen LogP contribution is -2.30. The zero-order valence-electron chi connectivity index (χ0n) is 24.8. The minimum Gasteiger partial charge on any atom is -0.381 e. The lowest BCUT2D eigenvalue weighted by Gasteiger charge is -2.26. The van der Waals surface area contributed by atoms with E-state index in [2.05, 4.69) is 45.9 Å². The summed E-state index contributed by atoms with van der Waals surface area (Å²) in [7, 11) is 0. The number of fused-ring (bicyclic) bond motifs is 1. The van der Waals surface area contributed by atoms with Gasteiger partial charge in [-0.3, -0.25) is 9.59 Å². The molecule has 3 N–H and O–H groups in total. The van der Waals surface area contributed by atoms with Gasteiger partial charge in [-0.05, 0) is 68.9 Å². The number of aromatic nitrogens is 4. The van der Waals surface area contributed by atoms with Crippen LogP contribution in [0.2, 0.25) is 0 Å². The number of ether oxygens (including phenoxy) is 1. The maximum Gasteiger partial charge on any atom is 0.270 e. The molecule has 2 amide bonds. The number of rotatable bonds is 10. The molecule has 4 aromatic rings. The van der Waals surface area contributed by atoms with Crippen LogP contribution in [0.3, 0.4) is 0 Å². The molecule has 5 rings (SSSR count). The summed E-state index contributed by atoms with van der Waals surface area (Å²) in [5, 5.41) is 15.1. The van der Waals surface area contributed by atoms with Gasteiger partial charge in [-0.1, -0.05) is 31.2 Å². The predicted molar refractivity (Wildman–Crippen MR) is 163 cm³/mol. The molecule has 0 radical (unpaired) electrons. The van der Waals surface area contributed by atoms with Crippen LogP contribution in [0.5, 0.6) is 0 Å². The van der Waals surface area contributed by atoms with Gasteiger partial charge in [0.05, 0.1) is 17.3 Å². The Hall–Kier alpha value is -4.31. The molecule has 1 saturated heterocycles. The molecule has 1 aromatic carbocycles. The number of aryl methyl sites for hydroxylation is 4. The summed E-state index contributed by atoms with van der Waals surface area (Å²) in [4.78, 5) is 35.4. The van der Waals surface area contributed by atoms with Crippen LogP contribution in [-0.2, 0) is 30.8 Å². The van der Waals surface area contributed by atoms with E-state index in [1.165, 1.54) is 11.1 Å². The predicted octanol–water partition coefficient (Wildman–Crippen LogP) is 4.48. The Balaban J connectivity index is 1.33. The fourth-order valence-electron chi connectivity index (χ4n) is 5.23.